The van der Waals surface area contributed by atoms with E-state index in [1.807, 2.05) is 36.7 Å². The summed E-state index contributed by atoms with van der Waals surface area (Å²) in [5.74, 6) is 0.238. The molecule has 1 aromatic heterocycles. The molecule has 6 heteroatoms. The lowest BCUT2D eigenvalue weighted by Crippen LogP contribution is -2.56. The molecule has 2 aliphatic rings. The molecule has 2 saturated heterocycles. The highest BCUT2D eigenvalue weighted by Crippen LogP contribution is 2.27. The summed E-state index contributed by atoms with van der Waals surface area (Å²) in [5, 5.41) is 12.3. The van der Waals surface area contributed by atoms with Crippen molar-refractivity contribution in [2.24, 2.45) is 5.92 Å². The van der Waals surface area contributed by atoms with Gasteiger partial charge in [-0.15, -0.1) is 0 Å². The van der Waals surface area contributed by atoms with E-state index in [4.69, 9.17) is 5.26 Å². The second kappa shape index (κ2) is 11.2. The largest absolute Gasteiger partial charge is 0.356 e. The zero-order valence-corrected chi connectivity index (χ0v) is 18.7. The van der Waals surface area contributed by atoms with Gasteiger partial charge in [-0.1, -0.05) is 25.0 Å². The molecule has 0 unspecified atom stereocenters. The normalized spacial score (nSPS) is 23.4. The number of fused-ring (bicyclic) bond motifs is 1. The molecule has 1 N–H and O–H groups in total. The predicted molar refractivity (Wildman–Crippen MR) is 124 cm³/mol. The Hall–Kier alpha value is -2.75. The summed E-state index contributed by atoms with van der Waals surface area (Å²) in [6.07, 6.45) is 9.18. The maximum Gasteiger partial charge on any atom is 0.224 e. The third-order valence-electron chi connectivity index (χ3n) is 6.77. The van der Waals surface area contributed by atoms with Crippen LogP contribution in [0.25, 0.3) is 0 Å². The van der Waals surface area contributed by atoms with Crippen LogP contribution in [0.3, 0.4) is 0 Å². The van der Waals surface area contributed by atoms with Gasteiger partial charge in [-0.25, -0.2) is 0 Å². The van der Waals surface area contributed by atoms with Crippen molar-refractivity contribution in [2.75, 3.05) is 26.2 Å². The number of nitrogens with zero attached hydrogens (tertiary/aromatic N) is 4. The van der Waals surface area contributed by atoms with E-state index in [1.54, 1.807) is 0 Å². The number of likely N-dealkylation sites (tertiary alicyclic amines) is 1. The smallest absolute Gasteiger partial charge is 0.224 e. The molecule has 6 nitrogen and oxygen atoms in total. The van der Waals surface area contributed by atoms with Crippen molar-refractivity contribution in [2.45, 2.75) is 51.2 Å². The molecule has 168 valence electrons. The molecule has 0 bridgehead atoms. The van der Waals surface area contributed by atoms with Gasteiger partial charge in [0.05, 0.1) is 17.6 Å². The number of piperidine rings is 1. The number of pyridine rings is 1. The number of benzene rings is 1. The van der Waals surface area contributed by atoms with Crippen molar-refractivity contribution in [3.63, 3.8) is 0 Å². The molecule has 1 amide bonds. The van der Waals surface area contributed by atoms with Crippen LogP contribution in [-0.4, -0.2) is 52.9 Å². The van der Waals surface area contributed by atoms with Crippen LogP contribution in [0.4, 0.5) is 0 Å². The number of nitriles is 1. The van der Waals surface area contributed by atoms with Gasteiger partial charge in [0.2, 0.25) is 5.91 Å². The van der Waals surface area contributed by atoms with Gasteiger partial charge in [-0.05, 0) is 67.7 Å². The van der Waals surface area contributed by atoms with Crippen LogP contribution in [-0.2, 0) is 17.9 Å². The third-order valence-corrected chi connectivity index (χ3v) is 6.77. The summed E-state index contributed by atoms with van der Waals surface area (Å²) < 4.78 is 0. The molecular formula is C26H33N5O. The highest BCUT2D eigenvalue weighted by molar-refractivity contribution is 5.79. The van der Waals surface area contributed by atoms with E-state index in [0.717, 1.165) is 58.5 Å². The fourth-order valence-corrected chi connectivity index (χ4v) is 4.98. The summed E-state index contributed by atoms with van der Waals surface area (Å²) in [6.45, 7) is 5.30. The molecule has 0 aliphatic carbocycles. The Balaban J connectivity index is 1.53. The fraction of sp³-hybridized carbons (Fsp3) is 0.500. The van der Waals surface area contributed by atoms with E-state index < -0.39 is 0 Å². The average Bonchev–Trinajstić information content (AvgIpc) is 2.86. The van der Waals surface area contributed by atoms with E-state index in [-0.39, 0.29) is 17.9 Å². The molecule has 2 fully saturated rings. The molecule has 2 atom stereocenters. The quantitative estimate of drug-likeness (QED) is 0.804. The van der Waals surface area contributed by atoms with Crippen LogP contribution >= 0.6 is 0 Å². The van der Waals surface area contributed by atoms with Crippen molar-refractivity contribution < 1.29 is 4.79 Å². The first-order valence-corrected chi connectivity index (χ1v) is 11.8. The maximum atomic E-state index is 13.1. The zero-order chi connectivity index (χ0) is 22.2. The first-order valence-electron chi connectivity index (χ1n) is 11.8. The van der Waals surface area contributed by atoms with Gasteiger partial charge in [-0.3, -0.25) is 19.6 Å². The number of aromatic nitrogens is 1. The molecule has 2 aliphatic heterocycles. The second-order valence-corrected chi connectivity index (χ2v) is 9.04. The van der Waals surface area contributed by atoms with Gasteiger partial charge in [0.1, 0.15) is 0 Å². The van der Waals surface area contributed by atoms with Crippen LogP contribution in [0.5, 0.6) is 0 Å². The number of carbonyl (C=O) groups excluding carboxylic acids is 1. The maximum absolute atomic E-state index is 13.1. The topological polar surface area (TPSA) is 72.3 Å². The lowest BCUT2D eigenvalue weighted by molar-refractivity contribution is -0.129. The predicted octanol–water partition coefficient (Wildman–Crippen LogP) is 3.34. The summed E-state index contributed by atoms with van der Waals surface area (Å²) in [6, 6.07) is 14.4. The fourth-order valence-electron chi connectivity index (χ4n) is 4.98. The molecule has 4 rings (SSSR count). The van der Waals surface area contributed by atoms with Crippen molar-refractivity contribution in [1.82, 2.24) is 20.1 Å². The lowest BCUT2D eigenvalue weighted by Gasteiger charge is -2.43. The van der Waals surface area contributed by atoms with E-state index in [0.29, 0.717) is 5.56 Å². The standard InChI is InChI=1S/C26H33N5O/c27-17-21-5-7-22(8-6-21)18-30-16-11-24-25(20-30)31(19-23-9-13-28-14-10-23)15-4-2-1-3-12-29-26(24)32/h5-10,13-14,24-25H,1-4,11-12,15-16,18-20H2,(H,29,32)/t24-,25+/m0/s1. The number of hydrogen-bond donors (Lipinski definition) is 1. The molecule has 32 heavy (non-hydrogen) atoms. The number of nitrogens with one attached hydrogen (secondary N) is 1. The first kappa shape index (κ1) is 22.4. The van der Waals surface area contributed by atoms with Crippen molar-refractivity contribution in [1.29, 1.82) is 5.26 Å². The van der Waals surface area contributed by atoms with Crippen LogP contribution < -0.4 is 5.32 Å². The molecule has 2 aromatic rings. The van der Waals surface area contributed by atoms with E-state index in [2.05, 4.69) is 38.3 Å². The first-order chi connectivity index (χ1) is 15.7. The van der Waals surface area contributed by atoms with Crippen LogP contribution in [0.15, 0.2) is 48.8 Å². The highest BCUT2D eigenvalue weighted by Gasteiger charge is 2.37. The molecule has 0 spiro atoms. The monoisotopic (exact) mass is 431 g/mol. The summed E-state index contributed by atoms with van der Waals surface area (Å²) in [5.41, 5.74) is 3.15. The van der Waals surface area contributed by atoms with Crippen LogP contribution in [0.1, 0.15) is 48.8 Å². The number of carbonyl (C=O) groups is 1. The summed E-state index contributed by atoms with van der Waals surface area (Å²) >= 11 is 0. The molecule has 3 heterocycles. The SMILES string of the molecule is N#Cc1ccc(CN2CC[C@@H]3C(=O)NCCCCCCN(Cc4ccncc4)[C@@H]3C2)cc1. The second-order valence-electron chi connectivity index (χ2n) is 9.04. The van der Waals surface area contributed by atoms with Crippen molar-refractivity contribution >= 4 is 5.91 Å². The number of rotatable bonds is 4. The van der Waals surface area contributed by atoms with Gasteiger partial charge in [-0.2, -0.15) is 5.26 Å². The minimum absolute atomic E-state index is 0.0205. The average molecular weight is 432 g/mol. The minimum atomic E-state index is 0.0205. The highest BCUT2D eigenvalue weighted by atomic mass is 16.1. The van der Waals surface area contributed by atoms with E-state index in [1.165, 1.54) is 24.0 Å². The Morgan fingerprint density at radius 1 is 0.969 bits per heavy atom. The minimum Gasteiger partial charge on any atom is -0.356 e. The Labute approximate surface area is 191 Å². The molecular weight excluding hydrogens is 398 g/mol. The van der Waals surface area contributed by atoms with Crippen LogP contribution in [0.2, 0.25) is 0 Å². The van der Waals surface area contributed by atoms with Crippen molar-refractivity contribution in [3.8, 4) is 6.07 Å². The van der Waals surface area contributed by atoms with Gasteiger partial charge < -0.3 is 5.32 Å². The number of hydrogen-bond acceptors (Lipinski definition) is 5. The Morgan fingerprint density at radius 3 is 2.50 bits per heavy atom. The Morgan fingerprint density at radius 2 is 1.72 bits per heavy atom. The summed E-state index contributed by atoms with van der Waals surface area (Å²) in [4.78, 5) is 22.3. The Bertz CT molecular complexity index is 908. The van der Waals surface area contributed by atoms with Gasteiger partial charge in [0.25, 0.3) is 0 Å². The molecule has 1 aromatic carbocycles. The third kappa shape index (κ3) is 5.93. The van der Waals surface area contributed by atoms with Crippen molar-refractivity contribution in [3.05, 3.63) is 65.5 Å². The van der Waals surface area contributed by atoms with Crippen LogP contribution in [0, 0.1) is 17.2 Å². The lowest BCUT2D eigenvalue weighted by atomic mass is 9.88. The number of amides is 1. The van der Waals surface area contributed by atoms with Gasteiger partial charge >= 0.3 is 0 Å². The summed E-state index contributed by atoms with van der Waals surface area (Å²) in [7, 11) is 0. The van der Waals surface area contributed by atoms with E-state index in [9.17, 15) is 4.79 Å². The Kier molecular flexibility index (Phi) is 7.87. The molecule has 0 saturated carbocycles. The zero-order valence-electron chi connectivity index (χ0n) is 18.7. The van der Waals surface area contributed by atoms with Gasteiger partial charge in [0.15, 0.2) is 0 Å². The van der Waals surface area contributed by atoms with E-state index >= 15 is 0 Å². The van der Waals surface area contributed by atoms with Gasteiger partial charge in [0, 0.05) is 44.6 Å². The molecule has 0 radical (unpaired) electrons.